The summed E-state index contributed by atoms with van der Waals surface area (Å²) in [6.45, 7) is 0. The first-order valence-electron chi connectivity index (χ1n) is 7.33. The quantitative estimate of drug-likeness (QED) is 0.694. The number of sulfonamides is 1. The summed E-state index contributed by atoms with van der Waals surface area (Å²) in [7, 11) is -2.07. The second-order valence-corrected chi connectivity index (χ2v) is 6.78. The number of para-hydroxylation sites is 1. The number of carboxylic acids is 1. The number of aliphatic carboxylic acids is 1. The average molecular weight is 399 g/mol. The molecule has 0 aliphatic heterocycles. The predicted octanol–water partition coefficient (Wildman–Crippen LogP) is 2.88. The van der Waals surface area contributed by atoms with Crippen LogP contribution in [-0.4, -0.2) is 33.7 Å². The zero-order chi connectivity index (χ0) is 20.2. The van der Waals surface area contributed by atoms with Crippen LogP contribution in [0.4, 0.5) is 14.5 Å². The maximum Gasteiger partial charge on any atom is 0.328 e. The Hall–Kier alpha value is -3.14. The molecule has 0 spiro atoms. The van der Waals surface area contributed by atoms with E-state index in [4.69, 9.17) is 14.6 Å². The molecule has 2 aromatic rings. The average Bonchev–Trinajstić information content (AvgIpc) is 2.62. The van der Waals surface area contributed by atoms with Crippen molar-refractivity contribution < 1.29 is 36.6 Å². The standard InChI is InChI=1S/C17H15F2NO6S/c1-25-13-8-10(6-7-15(21)22)9-14(17(13)26-2)27(23,24)20-16-11(18)4-3-5-12(16)19/h3-9,20H,1-2H3,(H,21,22). The number of nitrogens with one attached hydrogen (secondary N) is 1. The monoisotopic (exact) mass is 399 g/mol. The summed E-state index contributed by atoms with van der Waals surface area (Å²) in [6.07, 6.45) is 1.93. The fourth-order valence-corrected chi connectivity index (χ4v) is 3.49. The van der Waals surface area contributed by atoms with Gasteiger partial charge >= 0.3 is 5.97 Å². The van der Waals surface area contributed by atoms with Gasteiger partial charge in [-0.15, -0.1) is 0 Å². The molecule has 10 heteroatoms. The highest BCUT2D eigenvalue weighted by atomic mass is 32.2. The Kier molecular flexibility index (Phi) is 6.01. The van der Waals surface area contributed by atoms with Gasteiger partial charge < -0.3 is 14.6 Å². The lowest BCUT2D eigenvalue weighted by atomic mass is 10.2. The Labute approximate surface area is 153 Å². The van der Waals surface area contributed by atoms with Gasteiger partial charge in [0.2, 0.25) is 0 Å². The molecule has 0 saturated carbocycles. The second-order valence-electron chi connectivity index (χ2n) is 5.13. The van der Waals surface area contributed by atoms with Gasteiger partial charge in [0.1, 0.15) is 22.2 Å². The van der Waals surface area contributed by atoms with Crippen molar-refractivity contribution in [2.45, 2.75) is 4.90 Å². The van der Waals surface area contributed by atoms with Crippen molar-refractivity contribution in [1.29, 1.82) is 0 Å². The minimum atomic E-state index is -4.51. The van der Waals surface area contributed by atoms with Gasteiger partial charge in [0.25, 0.3) is 10.0 Å². The third-order valence-electron chi connectivity index (χ3n) is 3.37. The van der Waals surface area contributed by atoms with Gasteiger partial charge in [-0.2, -0.15) is 0 Å². The number of rotatable bonds is 7. The molecule has 2 aromatic carbocycles. The van der Waals surface area contributed by atoms with Crippen molar-refractivity contribution in [2.24, 2.45) is 0 Å². The lowest BCUT2D eigenvalue weighted by Gasteiger charge is -2.16. The number of carbonyl (C=O) groups is 1. The van der Waals surface area contributed by atoms with Crippen LogP contribution in [0.15, 0.2) is 41.3 Å². The first kappa shape index (κ1) is 20.2. The molecule has 2 N–H and O–H groups in total. The molecule has 7 nitrogen and oxygen atoms in total. The smallest absolute Gasteiger partial charge is 0.328 e. The van der Waals surface area contributed by atoms with Crippen molar-refractivity contribution in [3.63, 3.8) is 0 Å². The van der Waals surface area contributed by atoms with E-state index in [9.17, 15) is 22.0 Å². The van der Waals surface area contributed by atoms with E-state index >= 15 is 0 Å². The van der Waals surface area contributed by atoms with Crippen LogP contribution in [0.25, 0.3) is 6.08 Å². The fraction of sp³-hybridized carbons (Fsp3) is 0.118. The molecule has 0 amide bonds. The van der Waals surface area contributed by atoms with Gasteiger partial charge in [-0.05, 0) is 35.9 Å². The Morgan fingerprint density at radius 2 is 1.78 bits per heavy atom. The maximum atomic E-state index is 13.8. The van der Waals surface area contributed by atoms with E-state index in [1.54, 1.807) is 0 Å². The highest BCUT2D eigenvalue weighted by Crippen LogP contribution is 2.37. The van der Waals surface area contributed by atoms with E-state index in [2.05, 4.69) is 0 Å². The summed E-state index contributed by atoms with van der Waals surface area (Å²) in [4.78, 5) is 10.2. The molecule has 144 valence electrons. The highest BCUT2D eigenvalue weighted by Gasteiger charge is 2.26. The molecule has 0 fully saturated rings. The van der Waals surface area contributed by atoms with E-state index in [-0.39, 0.29) is 17.1 Å². The van der Waals surface area contributed by atoms with Crippen molar-refractivity contribution in [3.8, 4) is 11.5 Å². The first-order chi connectivity index (χ1) is 12.7. The fourth-order valence-electron chi connectivity index (χ4n) is 2.20. The zero-order valence-corrected chi connectivity index (χ0v) is 15.0. The maximum absolute atomic E-state index is 13.8. The topological polar surface area (TPSA) is 102 Å². The lowest BCUT2D eigenvalue weighted by molar-refractivity contribution is -0.131. The van der Waals surface area contributed by atoms with Gasteiger partial charge in [0.15, 0.2) is 11.5 Å². The van der Waals surface area contributed by atoms with Crippen LogP contribution >= 0.6 is 0 Å². The molecule has 0 atom stereocenters. The predicted molar refractivity (Wildman–Crippen MR) is 93.4 cm³/mol. The third-order valence-corrected chi connectivity index (χ3v) is 4.73. The molecule has 0 aromatic heterocycles. The molecule has 0 saturated heterocycles. The first-order valence-corrected chi connectivity index (χ1v) is 8.81. The Morgan fingerprint density at radius 1 is 1.15 bits per heavy atom. The molecule has 0 heterocycles. The van der Waals surface area contributed by atoms with Crippen molar-refractivity contribution in [2.75, 3.05) is 18.9 Å². The molecular formula is C17H15F2NO6S. The van der Waals surface area contributed by atoms with Crippen LogP contribution in [0.2, 0.25) is 0 Å². The van der Waals surface area contributed by atoms with E-state index in [0.29, 0.717) is 0 Å². The van der Waals surface area contributed by atoms with Gasteiger partial charge in [0, 0.05) is 6.08 Å². The van der Waals surface area contributed by atoms with E-state index in [1.165, 1.54) is 20.3 Å². The van der Waals surface area contributed by atoms with Crippen LogP contribution in [0, 0.1) is 11.6 Å². The third kappa shape index (κ3) is 4.53. The lowest BCUT2D eigenvalue weighted by Crippen LogP contribution is -2.16. The highest BCUT2D eigenvalue weighted by molar-refractivity contribution is 7.92. The largest absolute Gasteiger partial charge is 0.493 e. The summed E-state index contributed by atoms with van der Waals surface area (Å²) in [5, 5.41) is 8.73. The Bertz CT molecular complexity index is 984. The van der Waals surface area contributed by atoms with E-state index < -0.39 is 38.2 Å². The van der Waals surface area contributed by atoms with Crippen molar-refractivity contribution >= 4 is 27.8 Å². The summed E-state index contributed by atoms with van der Waals surface area (Å²) >= 11 is 0. The number of carboxylic acid groups (broad SMARTS) is 1. The molecule has 2 rings (SSSR count). The van der Waals surface area contributed by atoms with Gasteiger partial charge in [-0.1, -0.05) is 6.07 Å². The van der Waals surface area contributed by atoms with Gasteiger partial charge in [-0.3, -0.25) is 4.72 Å². The van der Waals surface area contributed by atoms with Crippen LogP contribution in [0.5, 0.6) is 11.5 Å². The van der Waals surface area contributed by atoms with E-state index in [0.717, 1.165) is 36.4 Å². The van der Waals surface area contributed by atoms with Crippen molar-refractivity contribution in [3.05, 3.63) is 53.6 Å². The zero-order valence-electron chi connectivity index (χ0n) is 14.2. The number of hydrogen-bond acceptors (Lipinski definition) is 5. The molecule has 0 unspecified atom stereocenters. The number of methoxy groups -OCH3 is 2. The van der Waals surface area contributed by atoms with Crippen molar-refractivity contribution in [1.82, 2.24) is 0 Å². The van der Waals surface area contributed by atoms with Crippen LogP contribution < -0.4 is 14.2 Å². The number of benzene rings is 2. The number of hydrogen-bond donors (Lipinski definition) is 2. The minimum absolute atomic E-state index is 0.0144. The molecule has 27 heavy (non-hydrogen) atoms. The normalized spacial score (nSPS) is 11.4. The van der Waals surface area contributed by atoms with E-state index in [1.807, 2.05) is 4.72 Å². The summed E-state index contributed by atoms with van der Waals surface area (Å²) in [5.41, 5.74) is -0.700. The van der Waals surface area contributed by atoms with Gasteiger partial charge in [-0.25, -0.2) is 22.0 Å². The SMILES string of the molecule is COc1cc(C=CC(=O)O)cc(S(=O)(=O)Nc2c(F)cccc2F)c1OC. The molecular weight excluding hydrogens is 384 g/mol. The van der Waals surface area contributed by atoms with Crippen LogP contribution in [-0.2, 0) is 14.8 Å². The number of anilines is 1. The summed E-state index contributed by atoms with van der Waals surface area (Å²) in [6, 6.07) is 5.31. The number of halogens is 2. The molecule has 0 aliphatic rings. The summed E-state index contributed by atoms with van der Waals surface area (Å²) < 4.78 is 65.0. The second kappa shape index (κ2) is 8.04. The summed E-state index contributed by atoms with van der Waals surface area (Å²) in [5.74, 6) is -3.69. The van der Waals surface area contributed by atoms with Crippen LogP contribution in [0.3, 0.4) is 0 Å². The number of ether oxygens (including phenoxy) is 2. The molecule has 0 bridgehead atoms. The Morgan fingerprint density at radius 3 is 2.30 bits per heavy atom. The van der Waals surface area contributed by atoms with Gasteiger partial charge in [0.05, 0.1) is 14.2 Å². The molecule has 0 radical (unpaired) electrons. The Balaban J connectivity index is 2.63. The van der Waals surface area contributed by atoms with Crippen LogP contribution in [0.1, 0.15) is 5.56 Å². The molecule has 0 aliphatic carbocycles. The minimum Gasteiger partial charge on any atom is -0.493 e.